The first-order valence-corrected chi connectivity index (χ1v) is 5.39. The third-order valence-electron chi connectivity index (χ3n) is 1.56. The van der Waals surface area contributed by atoms with Gasteiger partial charge in [0, 0.05) is 4.47 Å². The fraction of sp³-hybridized carbons (Fsp3) is 0. The molecule has 1 heterocycles. The Bertz CT molecular complexity index is 518. The maximum Gasteiger partial charge on any atom is 1.00 e. The van der Waals surface area contributed by atoms with E-state index in [0.717, 1.165) is 14.7 Å². The van der Waals surface area contributed by atoms with Gasteiger partial charge in [-0.3, -0.25) is 4.98 Å². The van der Waals surface area contributed by atoms with Crippen LogP contribution in [0.25, 0.3) is 10.2 Å². The van der Waals surface area contributed by atoms with Gasteiger partial charge in [-0.1, -0.05) is 0 Å². The van der Waals surface area contributed by atoms with Gasteiger partial charge in [0.25, 0.3) is 0 Å². The molecule has 0 aliphatic carbocycles. The van der Waals surface area contributed by atoms with Gasteiger partial charge in [-0.05, 0) is 37.1 Å². The van der Waals surface area contributed by atoms with Gasteiger partial charge in [0.1, 0.15) is 0 Å². The van der Waals surface area contributed by atoms with Crippen LogP contribution in [0.2, 0.25) is 0 Å². The molecule has 2 rings (SSSR count). The quantitative estimate of drug-likeness (QED) is 0.501. The summed E-state index contributed by atoms with van der Waals surface area (Å²) in [5.41, 5.74) is 1.46. The molecule has 0 saturated carbocycles. The predicted octanol–water partition coefficient (Wildman–Crippen LogP) is -0.160. The van der Waals surface area contributed by atoms with Crippen LogP contribution in [0, 0.1) is 11.3 Å². The van der Waals surface area contributed by atoms with E-state index in [9.17, 15) is 0 Å². The van der Waals surface area contributed by atoms with Crippen molar-refractivity contribution in [2.24, 2.45) is 0 Å². The van der Waals surface area contributed by atoms with Gasteiger partial charge in [-0.2, -0.15) is 5.26 Å². The van der Waals surface area contributed by atoms with Crippen molar-refractivity contribution in [2.45, 2.75) is 4.34 Å². The summed E-state index contributed by atoms with van der Waals surface area (Å²) < 4.78 is 2.38. The minimum atomic E-state index is 0. The van der Waals surface area contributed by atoms with Gasteiger partial charge in [-0.15, -0.1) is 0 Å². The normalized spacial score (nSPS) is 9.43. The summed E-state index contributed by atoms with van der Waals surface area (Å²) in [6, 6.07) is 5.63. The number of thiazole rings is 1. The van der Waals surface area contributed by atoms with Gasteiger partial charge in [0.05, 0.1) is 17.1 Å². The number of benzene rings is 1. The first-order chi connectivity index (χ1) is 6.20. The molecule has 0 unspecified atom stereocenters. The Morgan fingerprint density at radius 2 is 2.21 bits per heavy atom. The molecule has 2 nitrogen and oxygen atoms in total. The van der Waals surface area contributed by atoms with E-state index in [2.05, 4.69) is 27.0 Å². The summed E-state index contributed by atoms with van der Waals surface area (Å²) in [5, 5.41) is 8.72. The number of nitrogens with zero attached hydrogens (tertiary/aromatic N) is 2. The molecule has 64 valence electrons. The van der Waals surface area contributed by atoms with Gasteiger partial charge in [0.2, 0.25) is 0 Å². The number of rotatable bonds is 0. The fourth-order valence-electron chi connectivity index (χ4n) is 1.03. The van der Waals surface area contributed by atoms with E-state index in [1.165, 1.54) is 11.3 Å². The van der Waals surface area contributed by atoms with E-state index in [1.54, 1.807) is 12.1 Å². The number of fused-ring (bicyclic) bond motifs is 1. The van der Waals surface area contributed by atoms with Crippen molar-refractivity contribution in [1.29, 1.82) is 5.26 Å². The summed E-state index contributed by atoms with van der Waals surface area (Å²) in [4.78, 5) is 4.17. The van der Waals surface area contributed by atoms with Crippen LogP contribution in [0.1, 0.15) is 5.56 Å². The largest absolute Gasteiger partial charge is 1.00 e. The molecule has 1 aromatic heterocycles. The predicted molar refractivity (Wildman–Crippen MR) is 57.7 cm³/mol. The Labute approximate surface area is 142 Å². The molecule has 0 bridgehead atoms. The molecular weight excluding hydrogens is 307 g/mol. The first-order valence-electron chi connectivity index (χ1n) is 3.38. The molecular formula is C8H2BrKN2S2. The van der Waals surface area contributed by atoms with E-state index in [0.29, 0.717) is 9.90 Å². The van der Waals surface area contributed by atoms with Crippen molar-refractivity contribution in [3.05, 3.63) is 22.2 Å². The van der Waals surface area contributed by atoms with Crippen molar-refractivity contribution in [3.8, 4) is 6.07 Å². The van der Waals surface area contributed by atoms with Crippen molar-refractivity contribution in [2.75, 3.05) is 0 Å². The van der Waals surface area contributed by atoms with Crippen molar-refractivity contribution in [3.63, 3.8) is 0 Å². The Morgan fingerprint density at radius 1 is 1.50 bits per heavy atom. The molecule has 0 aliphatic rings. The molecule has 0 radical (unpaired) electrons. The van der Waals surface area contributed by atoms with Crippen molar-refractivity contribution < 1.29 is 51.4 Å². The number of halogens is 1. The topological polar surface area (TPSA) is 36.7 Å². The van der Waals surface area contributed by atoms with Gasteiger partial charge < -0.3 is 24.0 Å². The monoisotopic (exact) mass is 308 g/mol. The summed E-state index contributed by atoms with van der Waals surface area (Å²) in [5.74, 6) is 0. The minimum absolute atomic E-state index is 0. The minimum Gasteiger partial charge on any atom is -0.408 e. The Kier molecular flexibility index (Phi) is 4.94. The third-order valence-corrected chi connectivity index (χ3v) is 3.30. The number of hydrogen-bond acceptors (Lipinski definition) is 4. The van der Waals surface area contributed by atoms with E-state index in [1.807, 2.05) is 0 Å². The van der Waals surface area contributed by atoms with Crippen molar-refractivity contribution >= 4 is 50.1 Å². The maximum absolute atomic E-state index is 8.72. The van der Waals surface area contributed by atoms with E-state index in [4.69, 9.17) is 17.9 Å². The molecule has 0 fully saturated rings. The fourth-order valence-corrected chi connectivity index (χ4v) is 2.84. The standard InChI is InChI=1S/C8H3BrN2S2.K/c9-5-1-4(3-10)2-6-7(5)11-8(12)13-6;/h1-2H,(H,11,12);/q;+1/p-1. The van der Waals surface area contributed by atoms with Crippen LogP contribution < -0.4 is 51.4 Å². The number of nitriles is 1. The second-order valence-corrected chi connectivity index (χ2v) is 4.93. The Morgan fingerprint density at radius 3 is 2.86 bits per heavy atom. The van der Waals surface area contributed by atoms with Crippen LogP contribution in [-0.4, -0.2) is 4.98 Å². The average Bonchev–Trinajstić information content (AvgIpc) is 2.46. The average molecular weight is 309 g/mol. The van der Waals surface area contributed by atoms with Gasteiger partial charge in [0.15, 0.2) is 0 Å². The molecule has 0 N–H and O–H groups in total. The number of hydrogen-bond donors (Lipinski definition) is 0. The van der Waals surface area contributed by atoms with Crippen molar-refractivity contribution in [1.82, 2.24) is 4.98 Å². The summed E-state index contributed by atoms with van der Waals surface area (Å²) >= 11 is 9.72. The van der Waals surface area contributed by atoms with E-state index in [-0.39, 0.29) is 51.4 Å². The molecule has 14 heavy (non-hydrogen) atoms. The molecule has 0 saturated heterocycles. The van der Waals surface area contributed by atoms with Crippen LogP contribution in [0.4, 0.5) is 0 Å². The first kappa shape index (κ1) is 13.0. The van der Waals surface area contributed by atoms with Crippen LogP contribution in [0.15, 0.2) is 20.9 Å². The maximum atomic E-state index is 8.72. The Hall–Kier alpha value is 0.936. The van der Waals surface area contributed by atoms with E-state index >= 15 is 0 Å². The number of aromatic nitrogens is 1. The zero-order valence-corrected chi connectivity index (χ0v) is 13.6. The second-order valence-electron chi connectivity index (χ2n) is 2.40. The molecule has 0 amide bonds. The summed E-state index contributed by atoms with van der Waals surface area (Å²) in [6.45, 7) is 0. The summed E-state index contributed by atoms with van der Waals surface area (Å²) in [7, 11) is 0. The zero-order chi connectivity index (χ0) is 9.42. The van der Waals surface area contributed by atoms with Crippen LogP contribution >= 0.6 is 27.3 Å². The van der Waals surface area contributed by atoms with E-state index < -0.39 is 0 Å². The van der Waals surface area contributed by atoms with Gasteiger partial charge in [-0.25, -0.2) is 0 Å². The van der Waals surface area contributed by atoms with Crippen LogP contribution in [0.5, 0.6) is 0 Å². The molecule has 1 aromatic carbocycles. The summed E-state index contributed by atoms with van der Waals surface area (Å²) in [6.07, 6.45) is 0. The molecule has 2 aromatic rings. The molecule has 6 heteroatoms. The van der Waals surface area contributed by atoms with Gasteiger partial charge >= 0.3 is 51.4 Å². The second kappa shape index (κ2) is 5.32. The van der Waals surface area contributed by atoms with Crippen LogP contribution in [0.3, 0.4) is 0 Å². The molecule has 0 atom stereocenters. The SMILES string of the molecule is N#Cc1cc(Br)c2nc([S-])sc2c1.[K+]. The molecule has 0 spiro atoms. The van der Waals surface area contributed by atoms with Crippen LogP contribution in [-0.2, 0) is 12.6 Å². The smallest absolute Gasteiger partial charge is 0.408 e. The third kappa shape index (κ3) is 2.54. The molecule has 0 aliphatic heterocycles. The Balaban J connectivity index is 0.000000980. The zero-order valence-electron chi connectivity index (χ0n) is 7.24.